The van der Waals surface area contributed by atoms with Crippen LogP contribution >= 0.6 is 35.6 Å². The lowest BCUT2D eigenvalue weighted by Gasteiger charge is -2.22. The molecule has 2 N–H and O–H groups in total. The van der Waals surface area contributed by atoms with E-state index in [0.717, 1.165) is 74.4 Å². The molecule has 10 heteroatoms. The number of rotatable bonds is 9. The van der Waals surface area contributed by atoms with Gasteiger partial charge >= 0.3 is 0 Å². The van der Waals surface area contributed by atoms with Gasteiger partial charge in [0.15, 0.2) is 5.96 Å². The first-order valence-corrected chi connectivity index (χ1v) is 10.5. The van der Waals surface area contributed by atoms with Crippen LogP contribution in [0.15, 0.2) is 35.8 Å². The van der Waals surface area contributed by atoms with Gasteiger partial charge in [0.25, 0.3) is 0 Å². The normalized spacial score (nSPS) is 16.3. The molecule has 1 fully saturated rings. The van der Waals surface area contributed by atoms with Crippen molar-refractivity contribution in [3.05, 3.63) is 35.9 Å². The number of nitrogens with one attached hydrogen (secondary N) is 2. The standard InChI is InChI=1S/C20H30ClN7O.HI/c1-3-22-20(23-9-4-5-10-27-14-24-25-15-27)26-17-8-11-28(13-17)18-12-16(21)6-7-19(18)29-2;/h6-7,12,14-15,17H,3-5,8-11,13H2,1-2H3,(H2,22,23,26);1H. The van der Waals surface area contributed by atoms with E-state index in [1.807, 2.05) is 22.8 Å². The Morgan fingerprint density at radius 3 is 2.83 bits per heavy atom. The first kappa shape index (κ1) is 24.5. The van der Waals surface area contributed by atoms with E-state index in [2.05, 4.69) is 32.7 Å². The van der Waals surface area contributed by atoms with Crippen LogP contribution < -0.4 is 20.3 Å². The predicted molar refractivity (Wildman–Crippen MR) is 132 cm³/mol. The summed E-state index contributed by atoms with van der Waals surface area (Å²) < 4.78 is 7.49. The number of guanidine groups is 1. The molecule has 1 saturated heterocycles. The number of benzene rings is 1. The summed E-state index contributed by atoms with van der Waals surface area (Å²) in [5, 5.41) is 15.3. The Bertz CT molecular complexity index is 787. The molecule has 3 rings (SSSR count). The van der Waals surface area contributed by atoms with Gasteiger partial charge in [-0.25, -0.2) is 0 Å². The van der Waals surface area contributed by atoms with Crippen LogP contribution in [0, 0.1) is 0 Å². The van der Waals surface area contributed by atoms with E-state index in [1.54, 1.807) is 19.8 Å². The van der Waals surface area contributed by atoms with Crippen molar-refractivity contribution in [1.82, 2.24) is 25.4 Å². The molecule has 2 aromatic rings. The van der Waals surface area contributed by atoms with Crippen molar-refractivity contribution in [2.24, 2.45) is 4.99 Å². The molecule has 0 amide bonds. The number of aromatic nitrogens is 3. The van der Waals surface area contributed by atoms with E-state index in [9.17, 15) is 0 Å². The summed E-state index contributed by atoms with van der Waals surface area (Å²) in [6.45, 7) is 6.47. The second kappa shape index (κ2) is 12.8. The third-order valence-electron chi connectivity index (χ3n) is 4.92. The molecule has 8 nitrogen and oxygen atoms in total. The van der Waals surface area contributed by atoms with E-state index >= 15 is 0 Å². The molecule has 0 bridgehead atoms. The Kier molecular flexibility index (Phi) is 10.5. The number of anilines is 1. The monoisotopic (exact) mass is 547 g/mol. The van der Waals surface area contributed by atoms with Crippen LogP contribution in [-0.4, -0.2) is 60.1 Å². The number of hydrogen-bond donors (Lipinski definition) is 2. The number of aliphatic imine (C=N–C) groups is 1. The number of aryl methyl sites for hydroxylation is 1. The average molecular weight is 548 g/mol. The number of unbranched alkanes of at least 4 members (excludes halogenated alkanes) is 1. The zero-order valence-corrected chi connectivity index (χ0v) is 20.6. The molecule has 166 valence electrons. The molecule has 0 saturated carbocycles. The van der Waals surface area contributed by atoms with Crippen LogP contribution in [0.5, 0.6) is 5.75 Å². The van der Waals surface area contributed by atoms with Crippen molar-refractivity contribution >= 4 is 47.2 Å². The fourth-order valence-electron chi connectivity index (χ4n) is 3.46. The molecule has 0 aliphatic carbocycles. The van der Waals surface area contributed by atoms with Crippen molar-refractivity contribution in [3.8, 4) is 5.75 Å². The largest absolute Gasteiger partial charge is 0.495 e. The van der Waals surface area contributed by atoms with Crippen molar-refractivity contribution in [1.29, 1.82) is 0 Å². The van der Waals surface area contributed by atoms with Crippen molar-refractivity contribution in [3.63, 3.8) is 0 Å². The molecular weight excluding hydrogens is 517 g/mol. The minimum absolute atomic E-state index is 0. The highest BCUT2D eigenvalue weighted by molar-refractivity contribution is 14.0. The van der Waals surface area contributed by atoms with E-state index in [1.165, 1.54) is 0 Å². The maximum absolute atomic E-state index is 6.19. The molecule has 1 aliphatic rings. The summed E-state index contributed by atoms with van der Waals surface area (Å²) in [7, 11) is 1.69. The van der Waals surface area contributed by atoms with E-state index in [-0.39, 0.29) is 24.0 Å². The first-order chi connectivity index (χ1) is 14.2. The smallest absolute Gasteiger partial charge is 0.191 e. The second-order valence-electron chi connectivity index (χ2n) is 7.06. The summed E-state index contributed by atoms with van der Waals surface area (Å²) in [6, 6.07) is 6.07. The maximum atomic E-state index is 6.19. The van der Waals surface area contributed by atoms with Gasteiger partial charge in [0.2, 0.25) is 0 Å². The second-order valence-corrected chi connectivity index (χ2v) is 7.50. The SMILES string of the molecule is CCNC(=NCCCCn1cnnc1)NC1CCN(c2cc(Cl)ccc2OC)C1.I. The minimum Gasteiger partial charge on any atom is -0.495 e. The van der Waals surface area contributed by atoms with Crippen LogP contribution in [0.3, 0.4) is 0 Å². The molecule has 30 heavy (non-hydrogen) atoms. The quantitative estimate of drug-likeness (QED) is 0.217. The highest BCUT2D eigenvalue weighted by Gasteiger charge is 2.25. The Balaban J connectivity index is 0.00000320. The number of methoxy groups -OCH3 is 1. The molecule has 0 spiro atoms. The fourth-order valence-corrected chi connectivity index (χ4v) is 3.62. The molecule has 1 aliphatic heterocycles. The summed E-state index contributed by atoms with van der Waals surface area (Å²) in [5.41, 5.74) is 1.04. The minimum atomic E-state index is 0. The predicted octanol–water partition coefficient (Wildman–Crippen LogP) is 3.17. The average Bonchev–Trinajstić information content (AvgIpc) is 3.40. The van der Waals surface area contributed by atoms with Crippen LogP contribution in [-0.2, 0) is 6.54 Å². The number of halogens is 2. The van der Waals surface area contributed by atoms with E-state index in [4.69, 9.17) is 21.3 Å². The fraction of sp³-hybridized carbons (Fsp3) is 0.550. The van der Waals surface area contributed by atoms with Crippen LogP contribution in [0.4, 0.5) is 5.69 Å². The zero-order valence-electron chi connectivity index (χ0n) is 17.6. The Labute approximate surface area is 200 Å². The number of ether oxygens (including phenoxy) is 1. The van der Waals surface area contributed by atoms with Crippen LogP contribution in [0.25, 0.3) is 0 Å². The van der Waals surface area contributed by atoms with E-state index in [0.29, 0.717) is 6.04 Å². The van der Waals surface area contributed by atoms with Gasteiger partial charge < -0.3 is 24.8 Å². The lowest BCUT2D eigenvalue weighted by atomic mass is 10.2. The number of nitrogens with zero attached hydrogens (tertiary/aromatic N) is 5. The molecule has 1 aromatic heterocycles. The van der Waals surface area contributed by atoms with Crippen molar-refractivity contribution in [2.75, 3.05) is 38.2 Å². The summed E-state index contributed by atoms with van der Waals surface area (Å²) >= 11 is 6.19. The highest BCUT2D eigenvalue weighted by Crippen LogP contribution is 2.33. The van der Waals surface area contributed by atoms with Gasteiger partial charge in [-0.1, -0.05) is 11.6 Å². The van der Waals surface area contributed by atoms with Crippen LogP contribution in [0.2, 0.25) is 5.02 Å². The first-order valence-electron chi connectivity index (χ1n) is 10.2. The van der Waals surface area contributed by atoms with Gasteiger partial charge in [-0.3, -0.25) is 4.99 Å². The lowest BCUT2D eigenvalue weighted by Crippen LogP contribution is -2.44. The van der Waals surface area contributed by atoms with Gasteiger partial charge in [-0.05, 0) is 44.4 Å². The third kappa shape index (κ3) is 7.19. The summed E-state index contributed by atoms with van der Waals surface area (Å²) in [5.74, 6) is 1.73. The highest BCUT2D eigenvalue weighted by atomic mass is 127. The Hall–Kier alpha value is -1.75. The van der Waals surface area contributed by atoms with Gasteiger partial charge in [0, 0.05) is 43.8 Å². The Morgan fingerprint density at radius 1 is 1.30 bits per heavy atom. The molecule has 1 unspecified atom stereocenters. The maximum Gasteiger partial charge on any atom is 0.191 e. The molecule has 1 aromatic carbocycles. The van der Waals surface area contributed by atoms with Crippen molar-refractivity contribution < 1.29 is 4.74 Å². The third-order valence-corrected chi connectivity index (χ3v) is 5.15. The van der Waals surface area contributed by atoms with Crippen LogP contribution in [0.1, 0.15) is 26.2 Å². The molecule has 0 radical (unpaired) electrons. The van der Waals surface area contributed by atoms with E-state index < -0.39 is 0 Å². The summed E-state index contributed by atoms with van der Waals surface area (Å²) in [6.07, 6.45) is 6.59. The molecule has 2 heterocycles. The van der Waals surface area contributed by atoms with Gasteiger partial charge in [0.1, 0.15) is 18.4 Å². The molecule has 1 atom stereocenters. The van der Waals surface area contributed by atoms with Crippen molar-refractivity contribution in [2.45, 2.75) is 38.8 Å². The summed E-state index contributed by atoms with van der Waals surface area (Å²) in [4.78, 5) is 7.04. The Morgan fingerprint density at radius 2 is 2.10 bits per heavy atom. The zero-order chi connectivity index (χ0) is 20.5. The van der Waals surface area contributed by atoms with Gasteiger partial charge in [-0.2, -0.15) is 0 Å². The lowest BCUT2D eigenvalue weighted by molar-refractivity contribution is 0.415. The topological polar surface area (TPSA) is 79.6 Å². The number of hydrogen-bond acceptors (Lipinski definition) is 5. The molecular formula is C20H31ClIN7O. The van der Waals surface area contributed by atoms with Gasteiger partial charge in [0.05, 0.1) is 12.8 Å². The van der Waals surface area contributed by atoms with Gasteiger partial charge in [-0.15, -0.1) is 34.2 Å².